The van der Waals surface area contributed by atoms with Crippen LogP contribution < -0.4 is 5.32 Å². The van der Waals surface area contributed by atoms with Gasteiger partial charge in [-0.05, 0) is 30.2 Å². The molecular weight excluding hydrogens is 264 g/mol. The van der Waals surface area contributed by atoms with Gasteiger partial charge in [0.05, 0.1) is 5.52 Å². The number of hydrogen-bond acceptors (Lipinski definition) is 4. The first-order chi connectivity index (χ1) is 10.2. The average Bonchev–Trinajstić information content (AvgIpc) is 2.53. The van der Waals surface area contributed by atoms with Gasteiger partial charge in [-0.25, -0.2) is 4.98 Å². The lowest BCUT2D eigenvalue weighted by Gasteiger charge is -2.04. The standard InChI is InChI=1S/C16H14N4O/c1-11-7-8-13-14(9-11)18-15(20-19-13)16(21)17-10-12-5-3-2-4-6-12/h2-9H,10H2,1H3,(H,17,21). The number of carbonyl (C=O) groups is 1. The summed E-state index contributed by atoms with van der Waals surface area (Å²) >= 11 is 0. The number of fused-ring (bicyclic) bond motifs is 1. The molecule has 1 aromatic heterocycles. The summed E-state index contributed by atoms with van der Waals surface area (Å²) < 4.78 is 0. The Balaban J connectivity index is 1.78. The van der Waals surface area contributed by atoms with Crippen LogP contribution in [0.25, 0.3) is 11.0 Å². The summed E-state index contributed by atoms with van der Waals surface area (Å²) in [6, 6.07) is 15.4. The third kappa shape index (κ3) is 3.02. The average molecular weight is 278 g/mol. The van der Waals surface area contributed by atoms with E-state index in [9.17, 15) is 4.79 Å². The lowest BCUT2D eigenvalue weighted by atomic mass is 10.2. The molecule has 0 atom stereocenters. The highest BCUT2D eigenvalue weighted by Gasteiger charge is 2.10. The molecule has 0 radical (unpaired) electrons. The fourth-order valence-corrected chi connectivity index (χ4v) is 2.00. The highest BCUT2D eigenvalue weighted by Crippen LogP contribution is 2.10. The van der Waals surface area contributed by atoms with Crippen LogP contribution in [0.2, 0.25) is 0 Å². The van der Waals surface area contributed by atoms with Gasteiger partial charge >= 0.3 is 0 Å². The number of aromatic nitrogens is 3. The van der Waals surface area contributed by atoms with E-state index in [1.807, 2.05) is 55.5 Å². The quantitative estimate of drug-likeness (QED) is 0.798. The van der Waals surface area contributed by atoms with E-state index in [1.54, 1.807) is 0 Å². The van der Waals surface area contributed by atoms with E-state index in [1.165, 1.54) is 0 Å². The molecule has 0 saturated heterocycles. The molecular formula is C16H14N4O. The summed E-state index contributed by atoms with van der Waals surface area (Å²) in [6.07, 6.45) is 0. The van der Waals surface area contributed by atoms with Crippen molar-refractivity contribution in [1.29, 1.82) is 0 Å². The Kier molecular flexibility index (Phi) is 3.55. The fraction of sp³-hybridized carbons (Fsp3) is 0.125. The topological polar surface area (TPSA) is 67.8 Å². The van der Waals surface area contributed by atoms with Crippen LogP contribution in [0.15, 0.2) is 48.5 Å². The number of carbonyl (C=O) groups excluding carboxylic acids is 1. The van der Waals surface area contributed by atoms with E-state index < -0.39 is 0 Å². The van der Waals surface area contributed by atoms with Gasteiger partial charge in [0, 0.05) is 6.54 Å². The molecule has 5 nitrogen and oxygen atoms in total. The summed E-state index contributed by atoms with van der Waals surface area (Å²) in [4.78, 5) is 16.3. The highest BCUT2D eigenvalue weighted by molar-refractivity contribution is 5.91. The molecule has 0 fully saturated rings. The molecule has 0 aliphatic carbocycles. The van der Waals surface area contributed by atoms with Crippen molar-refractivity contribution < 1.29 is 4.79 Å². The smallest absolute Gasteiger partial charge is 0.291 e. The molecule has 3 rings (SSSR count). The molecule has 0 aliphatic rings. The Morgan fingerprint density at radius 2 is 1.86 bits per heavy atom. The second-order valence-electron chi connectivity index (χ2n) is 4.80. The molecule has 3 aromatic rings. The fourth-order valence-electron chi connectivity index (χ4n) is 2.00. The van der Waals surface area contributed by atoms with Gasteiger partial charge in [-0.3, -0.25) is 4.79 Å². The first-order valence-electron chi connectivity index (χ1n) is 6.65. The second kappa shape index (κ2) is 5.66. The maximum absolute atomic E-state index is 12.1. The number of amides is 1. The molecule has 21 heavy (non-hydrogen) atoms. The van der Waals surface area contributed by atoms with Crippen molar-refractivity contribution in [2.24, 2.45) is 0 Å². The minimum Gasteiger partial charge on any atom is -0.345 e. The summed E-state index contributed by atoms with van der Waals surface area (Å²) in [5.74, 6) is -0.237. The van der Waals surface area contributed by atoms with Crippen LogP contribution in [0.1, 0.15) is 21.7 Å². The molecule has 1 heterocycles. The normalized spacial score (nSPS) is 10.5. The molecule has 2 aromatic carbocycles. The molecule has 0 saturated carbocycles. The van der Waals surface area contributed by atoms with Gasteiger partial charge in [0.1, 0.15) is 5.52 Å². The molecule has 0 spiro atoms. The lowest BCUT2D eigenvalue weighted by Crippen LogP contribution is -2.25. The largest absolute Gasteiger partial charge is 0.345 e. The predicted molar refractivity (Wildman–Crippen MR) is 79.7 cm³/mol. The Bertz CT molecular complexity index is 787. The summed E-state index contributed by atoms with van der Waals surface area (Å²) in [5.41, 5.74) is 3.45. The van der Waals surface area contributed by atoms with Gasteiger partial charge in [0.2, 0.25) is 5.82 Å². The van der Waals surface area contributed by atoms with E-state index in [4.69, 9.17) is 0 Å². The second-order valence-corrected chi connectivity index (χ2v) is 4.80. The molecule has 1 amide bonds. The maximum Gasteiger partial charge on any atom is 0.291 e. The Labute approximate surface area is 122 Å². The van der Waals surface area contributed by atoms with Crippen LogP contribution in [0.4, 0.5) is 0 Å². The molecule has 5 heteroatoms. The Morgan fingerprint density at radius 3 is 2.67 bits per heavy atom. The van der Waals surface area contributed by atoms with Gasteiger partial charge in [0.25, 0.3) is 5.91 Å². The van der Waals surface area contributed by atoms with Gasteiger partial charge in [-0.1, -0.05) is 36.4 Å². The van der Waals surface area contributed by atoms with Crippen molar-refractivity contribution in [3.8, 4) is 0 Å². The highest BCUT2D eigenvalue weighted by atomic mass is 16.2. The summed E-state index contributed by atoms with van der Waals surface area (Å²) in [5, 5.41) is 10.7. The Morgan fingerprint density at radius 1 is 1.05 bits per heavy atom. The third-order valence-electron chi connectivity index (χ3n) is 3.11. The first-order valence-corrected chi connectivity index (χ1v) is 6.65. The molecule has 1 N–H and O–H groups in total. The SMILES string of the molecule is Cc1ccc2nnc(C(=O)NCc3ccccc3)nc2c1. The number of benzene rings is 2. The van der Waals surface area contributed by atoms with E-state index in [2.05, 4.69) is 20.5 Å². The van der Waals surface area contributed by atoms with Crippen molar-refractivity contribution >= 4 is 16.9 Å². The van der Waals surface area contributed by atoms with Gasteiger partial charge in [-0.2, -0.15) is 0 Å². The number of hydrogen-bond donors (Lipinski definition) is 1. The van der Waals surface area contributed by atoms with E-state index in [-0.39, 0.29) is 11.7 Å². The number of aryl methyl sites for hydroxylation is 1. The third-order valence-corrected chi connectivity index (χ3v) is 3.11. The van der Waals surface area contributed by atoms with Crippen LogP contribution in [-0.2, 0) is 6.54 Å². The Hall–Kier alpha value is -2.82. The van der Waals surface area contributed by atoms with E-state index in [0.717, 1.165) is 11.1 Å². The zero-order chi connectivity index (χ0) is 14.7. The van der Waals surface area contributed by atoms with Crippen LogP contribution >= 0.6 is 0 Å². The molecule has 0 bridgehead atoms. The number of nitrogens with zero attached hydrogens (tertiary/aromatic N) is 3. The first kappa shape index (κ1) is 13.2. The maximum atomic E-state index is 12.1. The number of rotatable bonds is 3. The minimum absolute atomic E-state index is 0.0871. The number of nitrogens with one attached hydrogen (secondary N) is 1. The van der Waals surface area contributed by atoms with Crippen molar-refractivity contribution in [3.05, 3.63) is 65.5 Å². The van der Waals surface area contributed by atoms with Gasteiger partial charge < -0.3 is 5.32 Å². The van der Waals surface area contributed by atoms with E-state index in [0.29, 0.717) is 17.6 Å². The predicted octanol–water partition coefficient (Wildman–Crippen LogP) is 2.26. The van der Waals surface area contributed by atoms with Crippen molar-refractivity contribution in [3.63, 3.8) is 0 Å². The lowest BCUT2D eigenvalue weighted by molar-refractivity contribution is 0.0939. The van der Waals surface area contributed by atoms with Crippen molar-refractivity contribution in [2.45, 2.75) is 13.5 Å². The van der Waals surface area contributed by atoms with E-state index >= 15 is 0 Å². The van der Waals surface area contributed by atoms with Crippen LogP contribution in [0.5, 0.6) is 0 Å². The van der Waals surface area contributed by atoms with Gasteiger partial charge in [-0.15, -0.1) is 10.2 Å². The molecule has 0 aliphatic heterocycles. The summed E-state index contributed by atoms with van der Waals surface area (Å²) in [7, 11) is 0. The summed E-state index contributed by atoms with van der Waals surface area (Å²) in [6.45, 7) is 2.41. The molecule has 0 unspecified atom stereocenters. The zero-order valence-electron chi connectivity index (χ0n) is 11.6. The minimum atomic E-state index is -0.324. The molecule has 104 valence electrons. The van der Waals surface area contributed by atoms with Crippen LogP contribution in [0, 0.1) is 6.92 Å². The van der Waals surface area contributed by atoms with Crippen LogP contribution in [-0.4, -0.2) is 21.1 Å². The van der Waals surface area contributed by atoms with Crippen molar-refractivity contribution in [1.82, 2.24) is 20.5 Å². The van der Waals surface area contributed by atoms with Crippen LogP contribution in [0.3, 0.4) is 0 Å². The zero-order valence-corrected chi connectivity index (χ0v) is 11.6. The van der Waals surface area contributed by atoms with Crippen molar-refractivity contribution in [2.75, 3.05) is 0 Å². The monoisotopic (exact) mass is 278 g/mol. The van der Waals surface area contributed by atoms with Gasteiger partial charge in [0.15, 0.2) is 0 Å².